The van der Waals surface area contributed by atoms with Crippen molar-refractivity contribution in [3.8, 4) is 0 Å². The van der Waals surface area contributed by atoms with Crippen LogP contribution in [0.15, 0.2) is 42.5 Å². The van der Waals surface area contributed by atoms with Crippen LogP contribution >= 0.6 is 0 Å². The van der Waals surface area contributed by atoms with Gasteiger partial charge in [0, 0.05) is 19.3 Å². The summed E-state index contributed by atoms with van der Waals surface area (Å²) in [4.78, 5) is 41.2. The van der Waals surface area contributed by atoms with E-state index in [1.807, 2.05) is 30.0 Å². The van der Waals surface area contributed by atoms with Gasteiger partial charge in [-0.2, -0.15) is 0 Å². The molecule has 0 aromatic heterocycles. The molecular weight excluding hydrogens is 349 g/mol. The summed E-state index contributed by atoms with van der Waals surface area (Å²) in [6.07, 6.45) is 0.179. The van der Waals surface area contributed by atoms with Crippen LogP contribution in [0.25, 0.3) is 0 Å². The van der Waals surface area contributed by atoms with Gasteiger partial charge in [0.1, 0.15) is 5.82 Å². The fourth-order valence-electron chi connectivity index (χ4n) is 3.92. The number of urea groups is 1. The van der Waals surface area contributed by atoms with Crippen molar-refractivity contribution in [2.45, 2.75) is 13.3 Å². The van der Waals surface area contributed by atoms with Crippen molar-refractivity contribution in [1.29, 1.82) is 0 Å². The third-order valence-electron chi connectivity index (χ3n) is 5.18. The van der Waals surface area contributed by atoms with Crippen LogP contribution in [0.2, 0.25) is 0 Å². The maximum atomic E-state index is 13.6. The van der Waals surface area contributed by atoms with Gasteiger partial charge >= 0.3 is 6.03 Å². The highest BCUT2D eigenvalue weighted by Gasteiger charge is 2.56. The van der Waals surface area contributed by atoms with Gasteiger partial charge in [-0.15, -0.1) is 0 Å². The van der Waals surface area contributed by atoms with Gasteiger partial charge in [0.25, 0.3) is 5.91 Å². The van der Waals surface area contributed by atoms with Crippen LogP contribution in [0, 0.1) is 18.2 Å². The summed E-state index contributed by atoms with van der Waals surface area (Å²) >= 11 is 0. The van der Waals surface area contributed by atoms with Crippen LogP contribution in [0.4, 0.5) is 20.6 Å². The van der Waals surface area contributed by atoms with Crippen molar-refractivity contribution in [2.24, 2.45) is 5.41 Å². The van der Waals surface area contributed by atoms with Gasteiger partial charge in [-0.05, 0) is 43.2 Å². The molecule has 1 fully saturated rings. The number of fused-ring (bicyclic) bond motifs is 1. The molecule has 2 aliphatic rings. The van der Waals surface area contributed by atoms with Crippen molar-refractivity contribution < 1.29 is 18.8 Å². The first-order chi connectivity index (χ1) is 12.8. The molecule has 27 heavy (non-hydrogen) atoms. The Hall–Kier alpha value is -3.22. The Morgan fingerprint density at radius 3 is 2.63 bits per heavy atom. The third-order valence-corrected chi connectivity index (χ3v) is 5.18. The summed E-state index contributed by atoms with van der Waals surface area (Å²) in [5.74, 6) is -1.83. The maximum absolute atomic E-state index is 13.6. The van der Waals surface area contributed by atoms with E-state index in [-0.39, 0.29) is 18.7 Å². The second kappa shape index (κ2) is 5.90. The van der Waals surface area contributed by atoms with Gasteiger partial charge in [0.15, 0.2) is 5.41 Å². The molecule has 0 bridgehead atoms. The first-order valence-electron chi connectivity index (χ1n) is 8.58. The largest absolute Gasteiger partial charge is 0.373 e. The van der Waals surface area contributed by atoms with Gasteiger partial charge in [0.05, 0.1) is 5.69 Å². The number of amides is 4. The van der Waals surface area contributed by atoms with E-state index in [2.05, 4.69) is 5.32 Å². The van der Waals surface area contributed by atoms with Gasteiger partial charge in [-0.25, -0.2) is 14.1 Å². The van der Waals surface area contributed by atoms with Crippen LogP contribution in [0.5, 0.6) is 0 Å². The molecular formula is C20H18FN3O3. The summed E-state index contributed by atoms with van der Waals surface area (Å²) in [5.41, 5.74) is 1.47. The molecule has 4 rings (SSSR count). The molecule has 1 spiro atoms. The number of hydrogen-bond donors (Lipinski definition) is 1. The highest BCUT2D eigenvalue weighted by atomic mass is 19.1. The van der Waals surface area contributed by atoms with E-state index in [4.69, 9.17) is 0 Å². The Morgan fingerprint density at radius 1 is 1.11 bits per heavy atom. The fourth-order valence-corrected chi connectivity index (χ4v) is 3.92. The Kier molecular flexibility index (Phi) is 3.76. The van der Waals surface area contributed by atoms with Gasteiger partial charge < -0.3 is 4.90 Å². The minimum atomic E-state index is -1.45. The van der Waals surface area contributed by atoms with E-state index in [0.29, 0.717) is 0 Å². The molecule has 2 aromatic carbocycles. The summed E-state index contributed by atoms with van der Waals surface area (Å²) < 4.78 is 13.6. The van der Waals surface area contributed by atoms with E-state index in [9.17, 15) is 18.8 Å². The quantitative estimate of drug-likeness (QED) is 0.786. The lowest BCUT2D eigenvalue weighted by molar-refractivity contribution is -0.142. The number of carbonyl (C=O) groups excluding carboxylic acids is 3. The lowest BCUT2D eigenvalue weighted by atomic mass is 9.74. The highest BCUT2D eigenvalue weighted by molar-refractivity contribution is 6.30. The van der Waals surface area contributed by atoms with E-state index in [0.717, 1.165) is 27.8 Å². The van der Waals surface area contributed by atoms with Crippen LogP contribution < -0.4 is 15.1 Å². The molecule has 0 radical (unpaired) electrons. The lowest BCUT2D eigenvalue weighted by Crippen LogP contribution is -2.68. The lowest BCUT2D eigenvalue weighted by Gasteiger charge is -2.45. The molecule has 2 aliphatic heterocycles. The smallest absolute Gasteiger partial charge is 0.335 e. The molecule has 0 unspecified atom stereocenters. The van der Waals surface area contributed by atoms with Crippen molar-refractivity contribution in [3.63, 3.8) is 0 Å². The zero-order valence-corrected chi connectivity index (χ0v) is 15.0. The van der Waals surface area contributed by atoms with Crippen molar-refractivity contribution in [1.82, 2.24) is 5.32 Å². The van der Waals surface area contributed by atoms with Crippen molar-refractivity contribution in [3.05, 3.63) is 59.4 Å². The first-order valence-corrected chi connectivity index (χ1v) is 8.58. The second-order valence-corrected chi connectivity index (χ2v) is 7.13. The fraction of sp³-hybridized carbons (Fsp3) is 0.250. The van der Waals surface area contributed by atoms with Crippen LogP contribution in [-0.2, 0) is 16.0 Å². The van der Waals surface area contributed by atoms with E-state index < -0.39 is 29.1 Å². The van der Waals surface area contributed by atoms with Gasteiger partial charge in [-0.1, -0.05) is 23.8 Å². The number of barbiturate groups is 1. The average molecular weight is 367 g/mol. The number of benzene rings is 2. The molecule has 0 saturated carbocycles. The zero-order valence-electron chi connectivity index (χ0n) is 15.0. The highest BCUT2D eigenvalue weighted by Crippen LogP contribution is 2.40. The van der Waals surface area contributed by atoms with Crippen LogP contribution in [0.1, 0.15) is 11.1 Å². The summed E-state index contributed by atoms with van der Waals surface area (Å²) in [6, 6.07) is 10.2. The number of anilines is 2. The predicted octanol–water partition coefficient (Wildman–Crippen LogP) is 2.40. The first kappa shape index (κ1) is 17.2. The second-order valence-electron chi connectivity index (χ2n) is 7.13. The van der Waals surface area contributed by atoms with Crippen LogP contribution in [0.3, 0.4) is 0 Å². The summed E-state index contributed by atoms with van der Waals surface area (Å²) in [5, 5.41) is 2.28. The summed E-state index contributed by atoms with van der Waals surface area (Å²) in [6.45, 7) is 2.07. The Labute approximate surface area is 155 Å². The SMILES string of the molecule is Cc1ccc2c(c1)C[C@]1(CN2C)C(=O)NC(=O)N(c2cccc(F)c2)C1=O. The molecule has 1 atom stereocenters. The molecule has 4 amide bonds. The molecule has 2 heterocycles. The minimum Gasteiger partial charge on any atom is -0.373 e. The van der Waals surface area contributed by atoms with Gasteiger partial charge in [0.2, 0.25) is 5.91 Å². The van der Waals surface area contributed by atoms with E-state index in [1.165, 1.54) is 18.2 Å². The number of imide groups is 2. The monoisotopic (exact) mass is 367 g/mol. The summed E-state index contributed by atoms with van der Waals surface area (Å²) in [7, 11) is 1.80. The average Bonchev–Trinajstić information content (AvgIpc) is 2.60. The Morgan fingerprint density at radius 2 is 1.89 bits per heavy atom. The maximum Gasteiger partial charge on any atom is 0.335 e. The van der Waals surface area contributed by atoms with Crippen molar-refractivity contribution in [2.75, 3.05) is 23.4 Å². The Bertz CT molecular complexity index is 990. The normalized spacial score (nSPS) is 22.1. The molecule has 6 nitrogen and oxygen atoms in total. The number of halogens is 1. The number of rotatable bonds is 1. The molecule has 1 saturated heterocycles. The zero-order chi connectivity index (χ0) is 19.3. The van der Waals surface area contributed by atoms with Crippen molar-refractivity contribution >= 4 is 29.2 Å². The predicted molar refractivity (Wildman–Crippen MR) is 98.0 cm³/mol. The van der Waals surface area contributed by atoms with E-state index >= 15 is 0 Å². The molecule has 1 N–H and O–H groups in total. The third kappa shape index (κ3) is 2.58. The Balaban J connectivity index is 1.81. The standard InChI is InChI=1S/C20H18FN3O3/c1-12-6-7-16-13(8-12)10-20(11-23(16)2)17(25)22-19(27)24(18(20)26)15-5-3-4-14(21)9-15/h3-9H,10-11H2,1-2H3,(H,22,25,27)/t20-/m0/s1. The number of aryl methyl sites for hydroxylation is 1. The number of hydrogen-bond acceptors (Lipinski definition) is 4. The molecule has 0 aliphatic carbocycles. The molecule has 138 valence electrons. The van der Waals surface area contributed by atoms with Crippen LogP contribution in [-0.4, -0.2) is 31.4 Å². The topological polar surface area (TPSA) is 69.7 Å². The van der Waals surface area contributed by atoms with E-state index in [1.54, 1.807) is 7.05 Å². The molecule has 2 aromatic rings. The van der Waals surface area contributed by atoms with Gasteiger partial charge in [-0.3, -0.25) is 14.9 Å². The number of carbonyl (C=O) groups is 3. The number of nitrogens with zero attached hydrogens (tertiary/aromatic N) is 2. The molecule has 7 heteroatoms. The minimum absolute atomic E-state index is 0.0991. The number of nitrogens with one attached hydrogen (secondary N) is 1.